The molecule has 4 aromatic rings. The predicted molar refractivity (Wildman–Crippen MR) is 112 cm³/mol. The number of aliphatic hydroxyl groups is 1. The van der Waals surface area contributed by atoms with Gasteiger partial charge in [0, 0.05) is 18.0 Å². The van der Waals surface area contributed by atoms with Gasteiger partial charge in [-0.2, -0.15) is 0 Å². The second kappa shape index (κ2) is 7.46. The molecule has 1 N–H and O–H groups in total. The first kappa shape index (κ1) is 18.6. The predicted octanol–water partition coefficient (Wildman–Crippen LogP) is 2.81. The van der Waals surface area contributed by atoms with Crippen molar-refractivity contribution >= 4 is 27.6 Å². The van der Waals surface area contributed by atoms with Crippen LogP contribution >= 0.6 is 0 Å². The molecule has 2 aromatic heterocycles. The molecule has 30 heavy (non-hydrogen) atoms. The van der Waals surface area contributed by atoms with Crippen LogP contribution in [0.25, 0.3) is 21.8 Å². The molecule has 0 amide bonds. The van der Waals surface area contributed by atoms with Crippen LogP contribution in [0.4, 0.5) is 10.2 Å². The second-order valence-corrected chi connectivity index (χ2v) is 7.38. The Labute approximate surface area is 171 Å². The first-order valence-corrected chi connectivity index (χ1v) is 9.94. The lowest BCUT2D eigenvalue weighted by molar-refractivity contribution is 0.270. The minimum absolute atomic E-state index is 0.157. The number of para-hydroxylation sites is 1. The molecule has 1 unspecified atom stereocenters. The van der Waals surface area contributed by atoms with Crippen LogP contribution in [0.5, 0.6) is 0 Å². The highest BCUT2D eigenvalue weighted by molar-refractivity contribution is 5.89. The maximum atomic E-state index is 13.7. The van der Waals surface area contributed by atoms with E-state index in [0.717, 1.165) is 24.8 Å². The van der Waals surface area contributed by atoms with Crippen LogP contribution in [0.2, 0.25) is 0 Å². The number of anilines is 1. The van der Waals surface area contributed by atoms with Gasteiger partial charge in [0.2, 0.25) is 0 Å². The van der Waals surface area contributed by atoms with Gasteiger partial charge < -0.3 is 10.0 Å². The number of halogens is 1. The van der Waals surface area contributed by atoms with Gasteiger partial charge >= 0.3 is 0 Å². The molecule has 152 valence electrons. The number of fused-ring (bicyclic) bond motifs is 2. The summed E-state index contributed by atoms with van der Waals surface area (Å²) < 4.78 is 15.2. The molecule has 0 radical (unpaired) electrons. The largest absolute Gasteiger partial charge is 0.395 e. The molecule has 2 aromatic carbocycles. The molecule has 1 aliphatic rings. The van der Waals surface area contributed by atoms with Gasteiger partial charge in [-0.1, -0.05) is 12.1 Å². The molecule has 1 atom stereocenters. The fraction of sp³-hybridized carbons (Fsp3) is 0.273. The van der Waals surface area contributed by atoms with Crippen LogP contribution in [0.15, 0.2) is 53.6 Å². The van der Waals surface area contributed by atoms with Crippen molar-refractivity contribution in [2.45, 2.75) is 25.4 Å². The molecule has 0 saturated carbocycles. The summed E-state index contributed by atoms with van der Waals surface area (Å²) in [6.07, 6.45) is 3.13. The summed E-state index contributed by atoms with van der Waals surface area (Å²) in [7, 11) is 0. The van der Waals surface area contributed by atoms with Crippen LogP contribution < -0.4 is 10.5 Å². The maximum Gasteiger partial charge on any atom is 0.261 e. The molecule has 1 aliphatic heterocycles. The molecular weight excluding hydrogens is 385 g/mol. The third-order valence-corrected chi connectivity index (χ3v) is 5.62. The first-order chi connectivity index (χ1) is 14.7. The monoisotopic (exact) mass is 405 g/mol. The third kappa shape index (κ3) is 3.00. The lowest BCUT2D eigenvalue weighted by atomic mass is 10.1. The van der Waals surface area contributed by atoms with Crippen molar-refractivity contribution in [1.82, 2.24) is 19.5 Å². The van der Waals surface area contributed by atoms with E-state index in [0.29, 0.717) is 28.1 Å². The van der Waals surface area contributed by atoms with Gasteiger partial charge in [0.15, 0.2) is 0 Å². The van der Waals surface area contributed by atoms with Crippen molar-refractivity contribution in [1.29, 1.82) is 0 Å². The molecule has 1 fully saturated rings. The normalized spacial score (nSPS) is 16.6. The van der Waals surface area contributed by atoms with Crippen molar-refractivity contribution in [3.05, 3.63) is 70.8 Å². The Kier molecular flexibility index (Phi) is 4.63. The highest BCUT2D eigenvalue weighted by Gasteiger charge is 2.32. The number of hydrogen-bond acceptors (Lipinski definition) is 6. The molecule has 1 saturated heterocycles. The Morgan fingerprint density at radius 1 is 1.10 bits per heavy atom. The van der Waals surface area contributed by atoms with Crippen LogP contribution in [0.1, 0.15) is 24.7 Å². The molecule has 7 nitrogen and oxygen atoms in total. The standard InChI is InChI=1S/C22H20FN5O2/c23-14-7-8-15-18(12-14)24-13-25-20(15)27-9-3-6-19(27)21-26-17-5-2-1-4-16(17)22(30)28(21)10-11-29/h1-2,4-5,7-8,12-13,19,29H,3,6,9-11H2. The van der Waals surface area contributed by atoms with Gasteiger partial charge in [0.05, 0.1) is 35.6 Å². The van der Waals surface area contributed by atoms with Crippen molar-refractivity contribution in [2.75, 3.05) is 18.1 Å². The van der Waals surface area contributed by atoms with Gasteiger partial charge in [-0.15, -0.1) is 0 Å². The van der Waals surface area contributed by atoms with E-state index >= 15 is 0 Å². The topological polar surface area (TPSA) is 84.1 Å². The summed E-state index contributed by atoms with van der Waals surface area (Å²) in [5.41, 5.74) is 1.00. The van der Waals surface area contributed by atoms with E-state index in [9.17, 15) is 14.3 Å². The molecule has 0 aliphatic carbocycles. The molecular formula is C22H20FN5O2. The van der Waals surface area contributed by atoms with Crippen LogP contribution in [0.3, 0.4) is 0 Å². The lowest BCUT2D eigenvalue weighted by Gasteiger charge is -2.28. The first-order valence-electron chi connectivity index (χ1n) is 9.94. The van der Waals surface area contributed by atoms with E-state index in [-0.39, 0.29) is 30.6 Å². The summed E-state index contributed by atoms with van der Waals surface area (Å²) in [5, 5.41) is 10.9. The molecule has 0 bridgehead atoms. The average molecular weight is 405 g/mol. The number of hydrogen-bond donors (Lipinski definition) is 1. The number of benzene rings is 2. The lowest BCUT2D eigenvalue weighted by Crippen LogP contribution is -2.33. The minimum atomic E-state index is -0.349. The second-order valence-electron chi connectivity index (χ2n) is 7.38. The Hall–Kier alpha value is -3.39. The molecule has 8 heteroatoms. The zero-order chi connectivity index (χ0) is 20.7. The maximum absolute atomic E-state index is 13.7. The SMILES string of the molecule is O=c1c2ccccc2nc(C2CCCN2c2ncnc3cc(F)ccc23)n1CCO. The van der Waals surface area contributed by atoms with E-state index in [4.69, 9.17) is 4.98 Å². The Balaban J connectivity index is 1.68. The van der Waals surface area contributed by atoms with Crippen LogP contribution in [-0.4, -0.2) is 37.8 Å². The number of nitrogens with zero attached hydrogens (tertiary/aromatic N) is 5. The smallest absolute Gasteiger partial charge is 0.261 e. The fourth-order valence-corrected chi connectivity index (χ4v) is 4.29. The highest BCUT2D eigenvalue weighted by Crippen LogP contribution is 2.37. The van der Waals surface area contributed by atoms with E-state index in [2.05, 4.69) is 14.9 Å². The average Bonchev–Trinajstić information content (AvgIpc) is 3.24. The minimum Gasteiger partial charge on any atom is -0.395 e. The Morgan fingerprint density at radius 3 is 2.83 bits per heavy atom. The fourth-order valence-electron chi connectivity index (χ4n) is 4.29. The molecule has 5 rings (SSSR count). The summed E-state index contributed by atoms with van der Waals surface area (Å²) in [6, 6.07) is 11.5. The quantitative estimate of drug-likeness (QED) is 0.562. The van der Waals surface area contributed by atoms with E-state index < -0.39 is 0 Å². The number of rotatable bonds is 4. The zero-order valence-corrected chi connectivity index (χ0v) is 16.2. The van der Waals surface area contributed by atoms with Crippen molar-refractivity contribution in [3.63, 3.8) is 0 Å². The van der Waals surface area contributed by atoms with Gasteiger partial charge in [0.1, 0.15) is 23.8 Å². The summed E-state index contributed by atoms with van der Waals surface area (Å²) in [4.78, 5) is 28.7. The van der Waals surface area contributed by atoms with E-state index in [1.54, 1.807) is 16.7 Å². The van der Waals surface area contributed by atoms with E-state index in [1.165, 1.54) is 18.5 Å². The van der Waals surface area contributed by atoms with Crippen LogP contribution in [-0.2, 0) is 6.54 Å². The number of aliphatic hydroxyl groups excluding tert-OH is 1. The van der Waals surface area contributed by atoms with Gasteiger partial charge in [-0.3, -0.25) is 9.36 Å². The van der Waals surface area contributed by atoms with Crippen molar-refractivity contribution in [2.24, 2.45) is 0 Å². The van der Waals surface area contributed by atoms with E-state index in [1.807, 2.05) is 18.2 Å². The van der Waals surface area contributed by atoms with Gasteiger partial charge in [-0.25, -0.2) is 19.3 Å². The number of aromatic nitrogens is 4. The zero-order valence-electron chi connectivity index (χ0n) is 16.2. The molecule has 3 heterocycles. The Bertz CT molecular complexity index is 1310. The highest BCUT2D eigenvalue weighted by atomic mass is 19.1. The van der Waals surface area contributed by atoms with Gasteiger partial charge in [-0.05, 0) is 37.1 Å². The van der Waals surface area contributed by atoms with Crippen LogP contribution in [0, 0.1) is 5.82 Å². The summed E-state index contributed by atoms with van der Waals surface area (Å²) in [5.74, 6) is 0.956. The summed E-state index contributed by atoms with van der Waals surface area (Å²) in [6.45, 7) is 0.747. The van der Waals surface area contributed by atoms with Gasteiger partial charge in [0.25, 0.3) is 5.56 Å². The van der Waals surface area contributed by atoms with Crippen molar-refractivity contribution < 1.29 is 9.50 Å². The Morgan fingerprint density at radius 2 is 1.97 bits per heavy atom. The molecule has 0 spiro atoms. The third-order valence-electron chi connectivity index (χ3n) is 5.62. The summed E-state index contributed by atoms with van der Waals surface area (Å²) >= 11 is 0. The van der Waals surface area contributed by atoms with Crippen molar-refractivity contribution in [3.8, 4) is 0 Å².